The highest BCUT2D eigenvalue weighted by Gasteiger charge is 2.45. The van der Waals surface area contributed by atoms with E-state index in [-0.39, 0.29) is 5.54 Å². The first kappa shape index (κ1) is 8.88. The maximum Gasteiger partial charge on any atom is 0.121 e. The Morgan fingerprint density at radius 3 is 3.15 bits per heavy atom. The molecular formula is C10H14FNO. The van der Waals surface area contributed by atoms with Gasteiger partial charge < -0.3 is 4.79 Å². The molecule has 2 saturated heterocycles. The third-order valence-electron chi connectivity index (χ3n) is 3.31. The molecule has 0 N–H and O–H groups in total. The molecular weight excluding hydrogens is 169 g/mol. The second-order valence-corrected chi connectivity index (χ2v) is 4.06. The van der Waals surface area contributed by atoms with Crippen LogP contribution in [0.5, 0.6) is 0 Å². The molecule has 2 aliphatic rings. The third kappa shape index (κ3) is 1.31. The van der Waals surface area contributed by atoms with E-state index in [2.05, 4.69) is 4.90 Å². The zero-order chi connectivity index (χ0) is 9.31. The standard InChI is InChI=1S/C10H14FNO/c11-7-9-6-10(3-5-13)2-1-4-12(10)8-9/h5,7H,1-4,6,8H2/b9-7-/t10-/m1/s1. The largest absolute Gasteiger partial charge is 0.303 e. The van der Waals surface area contributed by atoms with Gasteiger partial charge in [0, 0.05) is 18.5 Å². The molecule has 0 aliphatic carbocycles. The van der Waals surface area contributed by atoms with E-state index in [1.165, 1.54) is 0 Å². The summed E-state index contributed by atoms with van der Waals surface area (Å²) >= 11 is 0. The Balaban J connectivity index is 2.19. The highest BCUT2D eigenvalue weighted by Crippen LogP contribution is 2.42. The smallest absolute Gasteiger partial charge is 0.121 e. The summed E-state index contributed by atoms with van der Waals surface area (Å²) in [4.78, 5) is 12.8. The molecule has 2 aliphatic heterocycles. The summed E-state index contributed by atoms with van der Waals surface area (Å²) in [6, 6.07) is 0. The predicted octanol–water partition coefficient (Wildman–Crippen LogP) is 1.67. The lowest BCUT2D eigenvalue weighted by Gasteiger charge is -2.29. The number of halogens is 1. The lowest BCUT2D eigenvalue weighted by atomic mass is 9.90. The van der Waals surface area contributed by atoms with Gasteiger partial charge in [-0.15, -0.1) is 0 Å². The molecule has 2 heterocycles. The molecule has 0 amide bonds. The van der Waals surface area contributed by atoms with Crippen LogP contribution in [-0.4, -0.2) is 29.8 Å². The summed E-state index contributed by atoms with van der Waals surface area (Å²) in [7, 11) is 0. The van der Waals surface area contributed by atoms with Crippen LogP contribution in [0.1, 0.15) is 25.7 Å². The molecule has 0 bridgehead atoms. The van der Waals surface area contributed by atoms with Crippen LogP contribution in [0.25, 0.3) is 0 Å². The molecule has 2 rings (SSSR count). The van der Waals surface area contributed by atoms with E-state index in [9.17, 15) is 9.18 Å². The predicted molar refractivity (Wildman–Crippen MR) is 48.0 cm³/mol. The quantitative estimate of drug-likeness (QED) is 0.607. The molecule has 1 atom stereocenters. The summed E-state index contributed by atoms with van der Waals surface area (Å²) in [6.07, 6.45) is 5.19. The Morgan fingerprint density at radius 2 is 2.46 bits per heavy atom. The number of nitrogens with zero attached hydrogens (tertiary/aromatic N) is 1. The SMILES string of the molecule is O=CC[C@@]12CCCN1C/C(=C\F)C2. The normalized spacial score (nSPS) is 36.8. The zero-order valence-electron chi connectivity index (χ0n) is 7.63. The van der Waals surface area contributed by atoms with Gasteiger partial charge in [-0.05, 0) is 31.4 Å². The van der Waals surface area contributed by atoms with Crippen molar-refractivity contribution >= 4 is 6.29 Å². The number of hydrogen-bond acceptors (Lipinski definition) is 2. The van der Waals surface area contributed by atoms with Gasteiger partial charge >= 0.3 is 0 Å². The van der Waals surface area contributed by atoms with Crippen LogP contribution in [0, 0.1) is 0 Å². The third-order valence-corrected chi connectivity index (χ3v) is 3.31. The molecule has 0 aromatic rings. The van der Waals surface area contributed by atoms with Crippen molar-refractivity contribution in [2.45, 2.75) is 31.2 Å². The first-order valence-electron chi connectivity index (χ1n) is 4.77. The number of hydrogen-bond donors (Lipinski definition) is 0. The average Bonchev–Trinajstić information content (AvgIpc) is 2.60. The van der Waals surface area contributed by atoms with Crippen LogP contribution in [0.15, 0.2) is 11.9 Å². The van der Waals surface area contributed by atoms with Crippen molar-refractivity contribution in [2.24, 2.45) is 0 Å². The van der Waals surface area contributed by atoms with Crippen LogP contribution in [0.4, 0.5) is 4.39 Å². The fourth-order valence-corrected chi connectivity index (χ4v) is 2.70. The van der Waals surface area contributed by atoms with Gasteiger partial charge in [0.25, 0.3) is 0 Å². The van der Waals surface area contributed by atoms with E-state index < -0.39 is 0 Å². The Labute approximate surface area is 77.4 Å². The molecule has 0 radical (unpaired) electrons. The molecule has 3 heteroatoms. The molecule has 0 unspecified atom stereocenters. The molecule has 13 heavy (non-hydrogen) atoms. The van der Waals surface area contributed by atoms with E-state index in [0.717, 1.165) is 44.2 Å². The van der Waals surface area contributed by atoms with Crippen molar-refractivity contribution in [1.82, 2.24) is 4.90 Å². The van der Waals surface area contributed by atoms with Gasteiger partial charge in [0.1, 0.15) is 6.29 Å². The van der Waals surface area contributed by atoms with Crippen LogP contribution >= 0.6 is 0 Å². The zero-order valence-corrected chi connectivity index (χ0v) is 7.63. The van der Waals surface area contributed by atoms with Crippen molar-refractivity contribution in [3.05, 3.63) is 11.9 Å². The number of aldehydes is 1. The van der Waals surface area contributed by atoms with Crippen molar-refractivity contribution in [3.63, 3.8) is 0 Å². The fraction of sp³-hybridized carbons (Fsp3) is 0.700. The Hall–Kier alpha value is -0.700. The Bertz CT molecular complexity index is 251. The lowest BCUT2D eigenvalue weighted by molar-refractivity contribution is -0.109. The van der Waals surface area contributed by atoms with Gasteiger partial charge in [-0.1, -0.05) is 0 Å². The Morgan fingerprint density at radius 1 is 1.62 bits per heavy atom. The summed E-state index contributed by atoms with van der Waals surface area (Å²) < 4.78 is 12.3. The first-order chi connectivity index (χ1) is 6.30. The molecule has 0 aromatic heterocycles. The van der Waals surface area contributed by atoms with Crippen molar-refractivity contribution in [2.75, 3.05) is 13.1 Å². The van der Waals surface area contributed by atoms with Gasteiger partial charge in [-0.2, -0.15) is 0 Å². The number of carbonyl (C=O) groups excluding carboxylic acids is 1. The maximum atomic E-state index is 12.3. The average molecular weight is 183 g/mol. The second-order valence-electron chi connectivity index (χ2n) is 4.06. The summed E-state index contributed by atoms with van der Waals surface area (Å²) in [5.74, 6) is 0. The lowest BCUT2D eigenvalue weighted by Crippen LogP contribution is -2.38. The minimum absolute atomic E-state index is 0.0142. The van der Waals surface area contributed by atoms with Gasteiger partial charge in [-0.25, -0.2) is 4.39 Å². The van der Waals surface area contributed by atoms with E-state index in [1.54, 1.807) is 0 Å². The van der Waals surface area contributed by atoms with Gasteiger partial charge in [0.05, 0.1) is 6.33 Å². The molecule has 2 fully saturated rings. The minimum atomic E-state index is -0.0142. The second kappa shape index (κ2) is 3.22. The van der Waals surface area contributed by atoms with Crippen molar-refractivity contribution in [1.29, 1.82) is 0 Å². The molecule has 0 aromatic carbocycles. The van der Waals surface area contributed by atoms with Crippen LogP contribution in [0.3, 0.4) is 0 Å². The highest BCUT2D eigenvalue weighted by atomic mass is 19.1. The van der Waals surface area contributed by atoms with Crippen molar-refractivity contribution in [3.8, 4) is 0 Å². The molecule has 0 saturated carbocycles. The number of carbonyl (C=O) groups is 1. The van der Waals surface area contributed by atoms with Gasteiger partial charge in [-0.3, -0.25) is 4.90 Å². The Kier molecular flexibility index (Phi) is 2.20. The van der Waals surface area contributed by atoms with E-state index in [1.807, 2.05) is 0 Å². The summed E-state index contributed by atoms with van der Waals surface area (Å²) in [5.41, 5.74) is 0.834. The summed E-state index contributed by atoms with van der Waals surface area (Å²) in [6.45, 7) is 1.75. The first-order valence-corrected chi connectivity index (χ1v) is 4.77. The van der Waals surface area contributed by atoms with E-state index in [4.69, 9.17) is 0 Å². The number of fused-ring (bicyclic) bond motifs is 1. The minimum Gasteiger partial charge on any atom is -0.303 e. The topological polar surface area (TPSA) is 20.3 Å². The monoisotopic (exact) mass is 183 g/mol. The van der Waals surface area contributed by atoms with Crippen LogP contribution in [0.2, 0.25) is 0 Å². The fourth-order valence-electron chi connectivity index (χ4n) is 2.70. The van der Waals surface area contributed by atoms with E-state index >= 15 is 0 Å². The van der Waals surface area contributed by atoms with Crippen LogP contribution in [-0.2, 0) is 4.79 Å². The molecule has 0 spiro atoms. The molecule has 2 nitrogen and oxygen atoms in total. The van der Waals surface area contributed by atoms with Crippen LogP contribution < -0.4 is 0 Å². The van der Waals surface area contributed by atoms with E-state index in [0.29, 0.717) is 12.8 Å². The molecule has 72 valence electrons. The maximum absolute atomic E-state index is 12.3. The van der Waals surface area contributed by atoms with Gasteiger partial charge in [0.2, 0.25) is 0 Å². The summed E-state index contributed by atoms with van der Waals surface area (Å²) in [5, 5.41) is 0. The number of rotatable bonds is 2. The van der Waals surface area contributed by atoms with Gasteiger partial charge in [0.15, 0.2) is 0 Å². The van der Waals surface area contributed by atoms with Crippen molar-refractivity contribution < 1.29 is 9.18 Å². The highest BCUT2D eigenvalue weighted by molar-refractivity contribution is 5.53.